The van der Waals surface area contributed by atoms with Crippen LogP contribution in [-0.2, 0) is 0 Å². The summed E-state index contributed by atoms with van der Waals surface area (Å²) in [5.41, 5.74) is 0. The van der Waals surface area contributed by atoms with E-state index in [2.05, 4.69) is 45.0 Å². The standard InChI is InChI=1S/C12H26N2/c1-9(2)6-11-7-13-8-12(10(3)4)14(11)5/h9-13H,6-8H2,1-5H3/t11?,12-/m1/s1. The molecule has 0 amide bonds. The Hall–Kier alpha value is -0.0800. The van der Waals surface area contributed by atoms with Gasteiger partial charge in [-0.25, -0.2) is 0 Å². The lowest BCUT2D eigenvalue weighted by atomic mass is 9.94. The van der Waals surface area contributed by atoms with E-state index < -0.39 is 0 Å². The van der Waals surface area contributed by atoms with Crippen molar-refractivity contribution in [3.05, 3.63) is 0 Å². The summed E-state index contributed by atoms with van der Waals surface area (Å²) in [6.07, 6.45) is 1.31. The molecule has 2 atom stereocenters. The van der Waals surface area contributed by atoms with Gasteiger partial charge in [0.05, 0.1) is 0 Å². The summed E-state index contributed by atoms with van der Waals surface area (Å²) in [6, 6.07) is 1.45. The summed E-state index contributed by atoms with van der Waals surface area (Å²) in [7, 11) is 2.29. The van der Waals surface area contributed by atoms with E-state index in [-0.39, 0.29) is 0 Å². The summed E-state index contributed by atoms with van der Waals surface area (Å²) >= 11 is 0. The Kier molecular flexibility index (Phi) is 4.39. The van der Waals surface area contributed by atoms with Gasteiger partial charge >= 0.3 is 0 Å². The van der Waals surface area contributed by atoms with Crippen molar-refractivity contribution in [2.24, 2.45) is 11.8 Å². The minimum Gasteiger partial charge on any atom is -0.314 e. The van der Waals surface area contributed by atoms with Crippen molar-refractivity contribution in [3.8, 4) is 0 Å². The summed E-state index contributed by atoms with van der Waals surface area (Å²) in [4.78, 5) is 2.58. The molecular weight excluding hydrogens is 172 g/mol. The second kappa shape index (κ2) is 5.13. The van der Waals surface area contributed by atoms with Crippen LogP contribution in [0.1, 0.15) is 34.1 Å². The second-order valence-electron chi connectivity index (χ2n) is 5.42. The van der Waals surface area contributed by atoms with Crippen molar-refractivity contribution >= 4 is 0 Å². The molecule has 1 heterocycles. The maximum atomic E-state index is 3.56. The zero-order chi connectivity index (χ0) is 10.7. The van der Waals surface area contributed by atoms with Crippen molar-refractivity contribution in [1.82, 2.24) is 10.2 Å². The van der Waals surface area contributed by atoms with E-state index in [4.69, 9.17) is 0 Å². The molecule has 0 aromatic heterocycles. The largest absolute Gasteiger partial charge is 0.314 e. The minimum atomic E-state index is 0.715. The van der Waals surface area contributed by atoms with E-state index in [0.717, 1.165) is 31.0 Å². The molecule has 1 saturated heterocycles. The van der Waals surface area contributed by atoms with Crippen LogP contribution in [0.2, 0.25) is 0 Å². The molecule has 2 nitrogen and oxygen atoms in total. The van der Waals surface area contributed by atoms with Gasteiger partial charge in [0.15, 0.2) is 0 Å². The highest BCUT2D eigenvalue weighted by Crippen LogP contribution is 2.19. The zero-order valence-electron chi connectivity index (χ0n) is 10.4. The van der Waals surface area contributed by atoms with Crippen LogP contribution in [0.15, 0.2) is 0 Å². The van der Waals surface area contributed by atoms with Crippen molar-refractivity contribution in [1.29, 1.82) is 0 Å². The van der Waals surface area contributed by atoms with Crippen LogP contribution in [0.25, 0.3) is 0 Å². The van der Waals surface area contributed by atoms with Crippen molar-refractivity contribution < 1.29 is 0 Å². The maximum Gasteiger partial charge on any atom is 0.0244 e. The predicted octanol–water partition coefficient (Wildman–Crippen LogP) is 1.96. The highest BCUT2D eigenvalue weighted by Gasteiger charge is 2.29. The van der Waals surface area contributed by atoms with E-state index >= 15 is 0 Å². The number of piperazine rings is 1. The van der Waals surface area contributed by atoms with E-state index in [0.29, 0.717) is 6.04 Å². The van der Waals surface area contributed by atoms with Gasteiger partial charge in [-0.15, -0.1) is 0 Å². The molecular formula is C12H26N2. The summed E-state index contributed by atoms with van der Waals surface area (Å²) < 4.78 is 0. The molecule has 2 heteroatoms. The maximum absolute atomic E-state index is 3.56. The fourth-order valence-electron chi connectivity index (χ4n) is 2.46. The Morgan fingerprint density at radius 3 is 2.36 bits per heavy atom. The first kappa shape index (κ1) is 12.0. The van der Waals surface area contributed by atoms with Gasteiger partial charge in [0, 0.05) is 25.2 Å². The lowest BCUT2D eigenvalue weighted by Crippen LogP contribution is -2.57. The number of hydrogen-bond acceptors (Lipinski definition) is 2. The molecule has 1 aliphatic heterocycles. The molecule has 0 bridgehead atoms. The molecule has 1 N–H and O–H groups in total. The summed E-state index contributed by atoms with van der Waals surface area (Å²) in [5, 5.41) is 3.56. The van der Waals surface area contributed by atoms with Gasteiger partial charge in [-0.1, -0.05) is 27.7 Å². The van der Waals surface area contributed by atoms with E-state index in [1.807, 2.05) is 0 Å². The van der Waals surface area contributed by atoms with Gasteiger partial charge in [-0.05, 0) is 25.3 Å². The van der Waals surface area contributed by atoms with Gasteiger partial charge in [0.1, 0.15) is 0 Å². The van der Waals surface area contributed by atoms with E-state index in [9.17, 15) is 0 Å². The van der Waals surface area contributed by atoms with Crippen LogP contribution in [0.3, 0.4) is 0 Å². The molecule has 14 heavy (non-hydrogen) atoms. The monoisotopic (exact) mass is 198 g/mol. The Morgan fingerprint density at radius 1 is 1.21 bits per heavy atom. The van der Waals surface area contributed by atoms with Crippen LogP contribution >= 0.6 is 0 Å². The van der Waals surface area contributed by atoms with Gasteiger partial charge < -0.3 is 5.32 Å². The Balaban J connectivity index is 2.52. The molecule has 1 unspecified atom stereocenters. The average Bonchev–Trinajstić information content (AvgIpc) is 2.07. The molecule has 0 aliphatic carbocycles. The Labute approximate surface area is 89.1 Å². The molecule has 0 radical (unpaired) electrons. The number of likely N-dealkylation sites (N-methyl/N-ethyl adjacent to an activating group) is 1. The lowest BCUT2D eigenvalue weighted by molar-refractivity contribution is 0.0854. The summed E-state index contributed by atoms with van der Waals surface area (Å²) in [5.74, 6) is 1.55. The molecule has 0 aromatic rings. The van der Waals surface area contributed by atoms with Gasteiger partial charge in [-0.3, -0.25) is 4.90 Å². The normalized spacial score (nSPS) is 30.2. The third-order valence-corrected chi connectivity index (χ3v) is 3.35. The number of rotatable bonds is 3. The first-order valence-electron chi connectivity index (χ1n) is 5.95. The average molecular weight is 198 g/mol. The second-order valence-corrected chi connectivity index (χ2v) is 5.42. The van der Waals surface area contributed by atoms with Crippen LogP contribution < -0.4 is 5.32 Å². The van der Waals surface area contributed by atoms with E-state index in [1.165, 1.54) is 6.42 Å². The first-order valence-corrected chi connectivity index (χ1v) is 5.95. The van der Waals surface area contributed by atoms with Crippen molar-refractivity contribution in [2.45, 2.75) is 46.2 Å². The van der Waals surface area contributed by atoms with E-state index in [1.54, 1.807) is 0 Å². The molecule has 0 saturated carbocycles. The van der Waals surface area contributed by atoms with Crippen LogP contribution in [0.5, 0.6) is 0 Å². The molecule has 1 fully saturated rings. The Morgan fingerprint density at radius 2 is 1.86 bits per heavy atom. The fourth-order valence-corrected chi connectivity index (χ4v) is 2.46. The number of hydrogen-bond donors (Lipinski definition) is 1. The topological polar surface area (TPSA) is 15.3 Å². The number of nitrogens with one attached hydrogen (secondary N) is 1. The Bertz CT molecular complexity index is 166. The highest BCUT2D eigenvalue weighted by atomic mass is 15.2. The molecule has 1 rings (SSSR count). The number of nitrogens with zero attached hydrogens (tertiary/aromatic N) is 1. The zero-order valence-corrected chi connectivity index (χ0v) is 10.4. The van der Waals surface area contributed by atoms with Crippen LogP contribution in [0, 0.1) is 11.8 Å². The molecule has 0 aromatic carbocycles. The van der Waals surface area contributed by atoms with Crippen molar-refractivity contribution in [3.63, 3.8) is 0 Å². The fraction of sp³-hybridized carbons (Fsp3) is 1.00. The van der Waals surface area contributed by atoms with Crippen molar-refractivity contribution in [2.75, 3.05) is 20.1 Å². The smallest absolute Gasteiger partial charge is 0.0244 e. The highest BCUT2D eigenvalue weighted by molar-refractivity contribution is 4.87. The van der Waals surface area contributed by atoms with Gasteiger partial charge in [0.2, 0.25) is 0 Å². The predicted molar refractivity (Wildman–Crippen MR) is 62.5 cm³/mol. The quantitative estimate of drug-likeness (QED) is 0.746. The van der Waals surface area contributed by atoms with Crippen LogP contribution in [-0.4, -0.2) is 37.1 Å². The summed E-state index contributed by atoms with van der Waals surface area (Å²) in [6.45, 7) is 11.6. The van der Waals surface area contributed by atoms with Gasteiger partial charge in [-0.2, -0.15) is 0 Å². The lowest BCUT2D eigenvalue weighted by Gasteiger charge is -2.42. The molecule has 84 valence electrons. The third-order valence-electron chi connectivity index (χ3n) is 3.35. The first-order chi connectivity index (χ1) is 6.52. The minimum absolute atomic E-state index is 0.715. The third kappa shape index (κ3) is 2.96. The van der Waals surface area contributed by atoms with Gasteiger partial charge in [0.25, 0.3) is 0 Å². The molecule has 1 aliphatic rings. The SMILES string of the molecule is CC(C)CC1CNC[C@H](C(C)C)N1C. The van der Waals surface area contributed by atoms with Crippen LogP contribution in [0.4, 0.5) is 0 Å². The molecule has 0 spiro atoms.